The van der Waals surface area contributed by atoms with Crippen LogP contribution in [0, 0.1) is 10.1 Å². The number of carbonyl (C=O) groups excluding carboxylic acids is 2. The number of likely N-dealkylation sites (tertiary alicyclic amines) is 1. The third-order valence-electron chi connectivity index (χ3n) is 8.24. The van der Waals surface area contributed by atoms with Crippen LogP contribution in [-0.4, -0.2) is 62.6 Å². The van der Waals surface area contributed by atoms with Crippen LogP contribution in [0.3, 0.4) is 0 Å². The third kappa shape index (κ3) is 6.63. The second-order valence-corrected chi connectivity index (χ2v) is 11.8. The summed E-state index contributed by atoms with van der Waals surface area (Å²) in [6.07, 6.45) is 5.76. The highest BCUT2D eigenvalue weighted by atomic mass is 35.5. The van der Waals surface area contributed by atoms with E-state index in [0.29, 0.717) is 30.8 Å². The molecule has 0 aliphatic carbocycles. The highest BCUT2D eigenvalue weighted by Crippen LogP contribution is 2.34. The van der Waals surface area contributed by atoms with Crippen LogP contribution in [0.4, 0.5) is 22.9 Å². The van der Waals surface area contributed by atoms with Crippen molar-refractivity contribution in [2.45, 2.75) is 12.5 Å². The summed E-state index contributed by atoms with van der Waals surface area (Å²) in [6.45, 7) is 0.901. The number of benzene rings is 3. The van der Waals surface area contributed by atoms with Gasteiger partial charge in [-0.1, -0.05) is 35.9 Å². The van der Waals surface area contributed by atoms with Gasteiger partial charge in [-0.05, 0) is 53.9 Å². The molecule has 47 heavy (non-hydrogen) atoms. The van der Waals surface area contributed by atoms with Crippen molar-refractivity contribution in [3.8, 4) is 22.3 Å². The number of nitro benzene ring substituents is 1. The number of nitro groups is 1. The number of carbonyl (C=O) groups is 2. The highest BCUT2D eigenvalue weighted by molar-refractivity contribution is 6.33. The number of halogens is 1. The second kappa shape index (κ2) is 12.9. The lowest BCUT2D eigenvalue weighted by Crippen LogP contribution is -2.38. The number of hydrogen-bond donors (Lipinski definition) is 2. The molecule has 0 spiro atoms. The Hall–Kier alpha value is -5.75. The molecular weight excluding hydrogens is 620 g/mol. The van der Waals surface area contributed by atoms with Crippen LogP contribution < -0.4 is 16.0 Å². The molecule has 3 heterocycles. The normalized spacial score (nSPS) is 14.2. The zero-order valence-electron chi connectivity index (χ0n) is 25.6. The Balaban J connectivity index is 1.07. The molecular formula is C34H31ClN8O4. The number of non-ortho nitro benzene ring substituents is 1. The van der Waals surface area contributed by atoms with Crippen molar-refractivity contribution < 1.29 is 14.5 Å². The first-order valence-corrected chi connectivity index (χ1v) is 15.2. The molecule has 1 fully saturated rings. The Morgan fingerprint density at radius 1 is 1.00 bits per heavy atom. The number of rotatable bonds is 8. The van der Waals surface area contributed by atoms with Gasteiger partial charge in [-0.15, -0.1) is 0 Å². The zero-order chi connectivity index (χ0) is 33.2. The predicted octanol–water partition coefficient (Wildman–Crippen LogP) is 5.71. The van der Waals surface area contributed by atoms with E-state index in [9.17, 15) is 19.7 Å². The van der Waals surface area contributed by atoms with Crippen molar-refractivity contribution in [3.63, 3.8) is 0 Å². The van der Waals surface area contributed by atoms with Gasteiger partial charge >= 0.3 is 0 Å². The Morgan fingerprint density at radius 2 is 1.70 bits per heavy atom. The van der Waals surface area contributed by atoms with Gasteiger partial charge < -0.3 is 20.9 Å². The molecule has 238 valence electrons. The molecule has 2 aromatic heterocycles. The Kier molecular flexibility index (Phi) is 8.59. The number of pyridine rings is 1. The number of hydrogen-bond acceptors (Lipinski definition) is 8. The Labute approximate surface area is 275 Å². The lowest BCUT2D eigenvalue weighted by molar-refractivity contribution is -0.384. The number of amides is 2. The molecule has 3 N–H and O–H groups in total. The first-order valence-electron chi connectivity index (χ1n) is 14.8. The average Bonchev–Trinajstić information content (AvgIpc) is 3.73. The van der Waals surface area contributed by atoms with Gasteiger partial charge in [0.25, 0.3) is 17.5 Å². The predicted molar refractivity (Wildman–Crippen MR) is 181 cm³/mol. The van der Waals surface area contributed by atoms with Crippen molar-refractivity contribution in [1.82, 2.24) is 25.0 Å². The van der Waals surface area contributed by atoms with E-state index in [0.717, 1.165) is 27.9 Å². The molecule has 1 aliphatic heterocycles. The van der Waals surface area contributed by atoms with E-state index >= 15 is 0 Å². The molecule has 1 saturated heterocycles. The maximum Gasteiger partial charge on any atom is 0.271 e. The summed E-state index contributed by atoms with van der Waals surface area (Å²) in [5.74, 6) is -0.306. The van der Waals surface area contributed by atoms with Crippen molar-refractivity contribution in [3.05, 3.63) is 118 Å². The number of aromatic nitrogens is 3. The molecule has 13 heteroatoms. The number of aryl methyl sites for hydroxylation is 1. The van der Waals surface area contributed by atoms with Gasteiger partial charge in [0.15, 0.2) is 0 Å². The van der Waals surface area contributed by atoms with Gasteiger partial charge in [-0.2, -0.15) is 5.10 Å². The maximum atomic E-state index is 13.3. The van der Waals surface area contributed by atoms with Crippen molar-refractivity contribution in [2.75, 3.05) is 30.8 Å². The van der Waals surface area contributed by atoms with Gasteiger partial charge in [-0.3, -0.25) is 24.4 Å². The quantitative estimate of drug-likeness (QED) is 0.160. The van der Waals surface area contributed by atoms with Crippen LogP contribution in [0.2, 0.25) is 5.02 Å². The summed E-state index contributed by atoms with van der Waals surface area (Å²) >= 11 is 6.31. The molecule has 5 aromatic rings. The summed E-state index contributed by atoms with van der Waals surface area (Å²) < 4.78 is 1.67. The monoisotopic (exact) mass is 650 g/mol. The first kappa shape index (κ1) is 31.2. The van der Waals surface area contributed by atoms with Crippen LogP contribution in [-0.2, 0) is 7.05 Å². The minimum atomic E-state index is -0.480. The minimum absolute atomic E-state index is 0.0664. The highest BCUT2D eigenvalue weighted by Gasteiger charge is 2.29. The fraction of sp³-hybridized carbons (Fsp3) is 0.176. The smallest absolute Gasteiger partial charge is 0.271 e. The summed E-state index contributed by atoms with van der Waals surface area (Å²) in [7, 11) is 3.65. The van der Waals surface area contributed by atoms with Gasteiger partial charge in [0.1, 0.15) is 5.82 Å². The molecule has 1 atom stereocenters. The lowest BCUT2D eigenvalue weighted by Gasteiger charge is -2.21. The number of nitrogen functional groups attached to an aromatic ring is 1. The van der Waals surface area contributed by atoms with Crippen LogP contribution in [0.5, 0.6) is 0 Å². The van der Waals surface area contributed by atoms with Crippen molar-refractivity contribution >= 4 is 46.3 Å². The molecule has 1 aliphatic rings. The summed E-state index contributed by atoms with van der Waals surface area (Å²) in [4.78, 5) is 44.8. The van der Waals surface area contributed by atoms with Crippen LogP contribution in [0.15, 0.2) is 91.4 Å². The van der Waals surface area contributed by atoms with Crippen molar-refractivity contribution in [2.24, 2.45) is 7.05 Å². The SMILES string of the molecule is CN(c1ccc(-c2ccc(C(=O)N3CC[C@@H](NC(=O)c4cc(-c5cnn(C)c5)cnc4N)C3)cc2)cc1)c1ccc([N+](=O)[O-])cc1Cl. The molecule has 6 rings (SSSR count). The molecule has 0 saturated carbocycles. The first-order chi connectivity index (χ1) is 22.6. The van der Waals surface area contributed by atoms with Crippen LogP contribution >= 0.6 is 11.6 Å². The van der Waals surface area contributed by atoms with E-state index in [1.165, 1.54) is 12.1 Å². The molecule has 0 bridgehead atoms. The number of anilines is 3. The van der Waals surface area contributed by atoms with Crippen LogP contribution in [0.1, 0.15) is 27.1 Å². The van der Waals surface area contributed by atoms with Crippen molar-refractivity contribution in [1.29, 1.82) is 0 Å². The van der Waals surface area contributed by atoms with E-state index in [4.69, 9.17) is 17.3 Å². The zero-order valence-corrected chi connectivity index (χ0v) is 26.4. The van der Waals surface area contributed by atoms with Gasteiger partial charge in [0.2, 0.25) is 0 Å². The summed E-state index contributed by atoms with van der Waals surface area (Å²) in [5.41, 5.74) is 11.8. The van der Waals surface area contributed by atoms with Crippen LogP contribution in [0.25, 0.3) is 22.3 Å². The third-order valence-corrected chi connectivity index (χ3v) is 8.54. The second-order valence-electron chi connectivity index (χ2n) is 11.3. The van der Waals surface area contributed by atoms with Gasteiger partial charge in [0.05, 0.1) is 27.4 Å². The van der Waals surface area contributed by atoms with E-state index in [-0.39, 0.29) is 39.9 Å². The lowest BCUT2D eigenvalue weighted by atomic mass is 10.0. The summed E-state index contributed by atoms with van der Waals surface area (Å²) in [5, 5.41) is 18.5. The van der Waals surface area contributed by atoms with Gasteiger partial charge in [-0.25, -0.2) is 4.98 Å². The number of nitrogens with one attached hydrogen (secondary N) is 1. The largest absolute Gasteiger partial charge is 0.383 e. The fourth-order valence-electron chi connectivity index (χ4n) is 5.60. The molecule has 12 nitrogen and oxygen atoms in total. The van der Waals surface area contributed by atoms with E-state index in [1.54, 1.807) is 46.2 Å². The minimum Gasteiger partial charge on any atom is -0.383 e. The number of nitrogens with zero attached hydrogens (tertiary/aromatic N) is 6. The van der Waals surface area contributed by atoms with E-state index in [2.05, 4.69) is 15.4 Å². The Bertz CT molecular complexity index is 1980. The fourth-order valence-corrected chi connectivity index (χ4v) is 5.90. The molecule has 3 aromatic carbocycles. The van der Waals surface area contributed by atoms with E-state index < -0.39 is 4.92 Å². The average molecular weight is 651 g/mol. The summed E-state index contributed by atoms with van der Waals surface area (Å²) in [6, 6.07) is 21.1. The topological polar surface area (TPSA) is 153 Å². The van der Waals surface area contributed by atoms with E-state index in [1.807, 2.05) is 61.6 Å². The molecule has 0 unspecified atom stereocenters. The van der Waals surface area contributed by atoms with Gasteiger partial charge in [0, 0.05) is 80.1 Å². The molecule has 0 radical (unpaired) electrons. The Morgan fingerprint density at radius 3 is 2.34 bits per heavy atom. The maximum absolute atomic E-state index is 13.3. The molecule has 2 amide bonds. The standard InChI is InChI=1S/C34H31ClN8O4/c1-40-19-25(18-38-40)24-15-29(32(36)37-17-24)33(44)39-26-13-14-42(20-26)34(45)23-5-3-21(4-6-23)22-7-9-27(10-8-22)41(2)31-12-11-28(43(46)47)16-30(31)35/h3-12,15-19,26H,13-14,20H2,1-2H3,(H2,36,37)(H,39,44)/t26-/m1/s1. The number of nitrogens with two attached hydrogens (primary N) is 1.